The number of alkyl halides is 5. The maximum atomic E-state index is 14.8. The molecule has 3 fully saturated rings. The Morgan fingerprint density at radius 2 is 1.42 bits per heavy atom. The first kappa shape index (κ1) is 27.4. The minimum Gasteiger partial charge on any atom is -0.432 e. The van der Waals surface area contributed by atoms with Gasteiger partial charge in [-0.25, -0.2) is 4.39 Å². The molecule has 204 valence electrons. The van der Waals surface area contributed by atoms with Crippen molar-refractivity contribution < 1.29 is 40.6 Å². The van der Waals surface area contributed by atoms with Crippen LogP contribution in [0, 0.1) is 29.5 Å². The third-order valence-corrected chi connectivity index (χ3v) is 8.39. The highest BCUT2D eigenvalue weighted by Gasteiger charge is 2.45. The average Bonchev–Trinajstić information content (AvgIpc) is 3.29. The van der Waals surface area contributed by atoms with Gasteiger partial charge < -0.3 is 14.2 Å². The van der Waals surface area contributed by atoms with E-state index in [0.29, 0.717) is 67.8 Å². The van der Waals surface area contributed by atoms with Gasteiger partial charge in [-0.05, 0) is 101 Å². The summed E-state index contributed by atoms with van der Waals surface area (Å²) in [5, 5.41) is 0. The van der Waals surface area contributed by atoms with Gasteiger partial charge in [-0.15, -0.1) is 13.2 Å². The zero-order valence-electron chi connectivity index (χ0n) is 20.7. The van der Waals surface area contributed by atoms with E-state index in [1.54, 1.807) is 0 Å². The molecule has 0 N–H and O–H groups in total. The maximum Gasteiger partial charge on any atom is 0.573 e. The summed E-state index contributed by atoms with van der Waals surface area (Å²) in [5.74, 6) is -2.45. The van der Waals surface area contributed by atoms with E-state index in [9.17, 15) is 26.3 Å². The van der Waals surface area contributed by atoms with Crippen LogP contribution in [0.1, 0.15) is 84.0 Å². The summed E-state index contributed by atoms with van der Waals surface area (Å²) < 4.78 is 94.9. The fourth-order valence-corrected chi connectivity index (χ4v) is 6.52. The Labute approximate surface area is 208 Å². The fraction of sp³-hybridized carbons (Fsp3) is 0.778. The van der Waals surface area contributed by atoms with Crippen molar-refractivity contribution in [2.24, 2.45) is 23.7 Å². The Morgan fingerprint density at radius 1 is 0.806 bits per heavy atom. The van der Waals surface area contributed by atoms with Gasteiger partial charge in [0, 0.05) is 6.07 Å². The molecule has 9 heteroatoms. The van der Waals surface area contributed by atoms with Crippen molar-refractivity contribution in [1.82, 2.24) is 0 Å². The summed E-state index contributed by atoms with van der Waals surface area (Å²) in [6.45, 7) is 2.19. The molecule has 1 saturated heterocycles. The zero-order chi connectivity index (χ0) is 25.9. The molecule has 1 aromatic rings. The highest BCUT2D eigenvalue weighted by Crippen LogP contribution is 2.47. The minimum absolute atomic E-state index is 0.305. The first-order chi connectivity index (χ1) is 17.0. The van der Waals surface area contributed by atoms with Gasteiger partial charge in [0.15, 0.2) is 11.6 Å². The van der Waals surface area contributed by atoms with Crippen molar-refractivity contribution in [3.8, 4) is 11.5 Å². The van der Waals surface area contributed by atoms with Gasteiger partial charge in [0.25, 0.3) is 0 Å². The summed E-state index contributed by atoms with van der Waals surface area (Å²) in [7, 11) is 0. The van der Waals surface area contributed by atoms with Crippen molar-refractivity contribution in [3.05, 3.63) is 24.0 Å². The number of rotatable bonds is 8. The second-order valence-electron chi connectivity index (χ2n) is 10.8. The Balaban J connectivity index is 1.23. The molecule has 0 radical (unpaired) electrons. The summed E-state index contributed by atoms with van der Waals surface area (Å²) in [6, 6.07) is 2.00. The molecule has 2 aliphatic carbocycles. The lowest BCUT2D eigenvalue weighted by atomic mass is 9.68. The van der Waals surface area contributed by atoms with Crippen LogP contribution in [0.4, 0.5) is 26.3 Å². The monoisotopic (exact) mass is 522 g/mol. The normalized spacial score (nSPS) is 31.9. The molecular formula is C27H36F6O3. The number of hydrogen-bond acceptors (Lipinski definition) is 3. The average molecular weight is 523 g/mol. The maximum absolute atomic E-state index is 14.8. The van der Waals surface area contributed by atoms with E-state index in [4.69, 9.17) is 9.47 Å². The van der Waals surface area contributed by atoms with Crippen LogP contribution >= 0.6 is 0 Å². The molecule has 1 heterocycles. The highest BCUT2D eigenvalue weighted by molar-refractivity contribution is 5.33. The molecule has 4 rings (SSSR count). The second-order valence-corrected chi connectivity index (χ2v) is 10.8. The molecule has 2 unspecified atom stereocenters. The molecular weight excluding hydrogens is 486 g/mol. The molecule has 3 aliphatic rings. The Hall–Kier alpha value is -1.64. The van der Waals surface area contributed by atoms with Gasteiger partial charge in [0.2, 0.25) is 0 Å². The molecule has 0 amide bonds. The summed E-state index contributed by atoms with van der Waals surface area (Å²) >= 11 is 0. The molecule has 3 nitrogen and oxygen atoms in total. The highest BCUT2D eigenvalue weighted by atomic mass is 19.4. The smallest absolute Gasteiger partial charge is 0.432 e. The third-order valence-electron chi connectivity index (χ3n) is 8.39. The fourth-order valence-electron chi connectivity index (χ4n) is 6.52. The zero-order valence-corrected chi connectivity index (χ0v) is 20.7. The van der Waals surface area contributed by atoms with Crippen molar-refractivity contribution >= 4 is 0 Å². The molecule has 0 bridgehead atoms. The van der Waals surface area contributed by atoms with Gasteiger partial charge in [-0.1, -0.05) is 13.3 Å². The van der Waals surface area contributed by atoms with Crippen LogP contribution in [-0.2, 0) is 4.74 Å². The minimum atomic E-state index is -5.08. The van der Waals surface area contributed by atoms with Crippen LogP contribution < -0.4 is 9.47 Å². The Kier molecular flexibility index (Phi) is 8.67. The van der Waals surface area contributed by atoms with Crippen LogP contribution in [0.3, 0.4) is 0 Å². The van der Waals surface area contributed by atoms with Crippen LogP contribution in [0.2, 0.25) is 0 Å². The van der Waals surface area contributed by atoms with Crippen LogP contribution in [0.15, 0.2) is 18.2 Å². The molecule has 2 atom stereocenters. The lowest BCUT2D eigenvalue weighted by Crippen LogP contribution is -2.38. The molecule has 2 saturated carbocycles. The van der Waals surface area contributed by atoms with E-state index in [2.05, 4.69) is 11.7 Å². The van der Waals surface area contributed by atoms with Crippen molar-refractivity contribution in [1.29, 1.82) is 0 Å². The van der Waals surface area contributed by atoms with Gasteiger partial charge in [0.05, 0.1) is 18.1 Å². The van der Waals surface area contributed by atoms with Crippen LogP contribution in [-0.4, -0.2) is 24.7 Å². The number of hydrogen-bond donors (Lipinski definition) is 0. The van der Waals surface area contributed by atoms with E-state index in [1.165, 1.54) is 0 Å². The standard InChI is InChI=1S/C27H36F6O3/c1-2-3-21-12-14-24(34-21)19-6-4-17(5-7-19)18-8-10-20(11-9-18)26(29,30)35-22-13-15-25(23(28)16-22)36-27(31,32)33/h13,15-21,24H,2-12,14H2,1H3. The van der Waals surface area contributed by atoms with E-state index < -0.39 is 35.7 Å². The quantitative estimate of drug-likeness (QED) is 0.320. The van der Waals surface area contributed by atoms with Crippen LogP contribution in [0.5, 0.6) is 11.5 Å². The first-order valence-electron chi connectivity index (χ1n) is 13.3. The van der Waals surface area contributed by atoms with Crippen molar-refractivity contribution in [2.75, 3.05) is 0 Å². The van der Waals surface area contributed by atoms with Gasteiger partial charge in [-0.3, -0.25) is 0 Å². The first-order valence-corrected chi connectivity index (χ1v) is 13.3. The number of ether oxygens (including phenoxy) is 3. The van der Waals surface area contributed by atoms with Gasteiger partial charge in [-0.2, -0.15) is 8.78 Å². The summed E-state index contributed by atoms with van der Waals surface area (Å²) in [5.41, 5.74) is 0. The van der Waals surface area contributed by atoms with E-state index in [-0.39, 0.29) is 0 Å². The van der Waals surface area contributed by atoms with E-state index in [0.717, 1.165) is 57.4 Å². The van der Waals surface area contributed by atoms with Crippen molar-refractivity contribution in [3.63, 3.8) is 0 Å². The molecule has 0 spiro atoms. The molecule has 36 heavy (non-hydrogen) atoms. The number of benzene rings is 1. The second kappa shape index (κ2) is 11.4. The molecule has 1 aromatic carbocycles. The van der Waals surface area contributed by atoms with Crippen LogP contribution in [0.25, 0.3) is 0 Å². The van der Waals surface area contributed by atoms with Gasteiger partial charge in [0.1, 0.15) is 5.75 Å². The third kappa shape index (κ3) is 7.01. The van der Waals surface area contributed by atoms with E-state index in [1.807, 2.05) is 0 Å². The lowest BCUT2D eigenvalue weighted by Gasteiger charge is -2.40. The SMILES string of the molecule is CCCC1CCC(C2CCC(C3CCC(C(F)(F)Oc4ccc(OC(F)(F)F)c(F)c4)CC3)CC2)O1. The topological polar surface area (TPSA) is 27.7 Å². The Morgan fingerprint density at radius 3 is 2.00 bits per heavy atom. The largest absolute Gasteiger partial charge is 0.573 e. The predicted octanol–water partition coefficient (Wildman–Crippen LogP) is 8.66. The van der Waals surface area contributed by atoms with E-state index >= 15 is 0 Å². The molecule has 1 aliphatic heterocycles. The van der Waals surface area contributed by atoms with Gasteiger partial charge >= 0.3 is 12.5 Å². The summed E-state index contributed by atoms with van der Waals surface area (Å²) in [6.07, 6.45) is 3.34. The Bertz CT molecular complexity index is 844. The predicted molar refractivity (Wildman–Crippen MR) is 122 cm³/mol. The summed E-state index contributed by atoms with van der Waals surface area (Å²) in [4.78, 5) is 0. The van der Waals surface area contributed by atoms with Crippen molar-refractivity contribution in [2.45, 2.75) is 109 Å². The lowest BCUT2D eigenvalue weighted by molar-refractivity contribution is -0.275. The molecule has 0 aromatic heterocycles. The number of halogens is 6.